The number of anilines is 1. The zero-order chi connectivity index (χ0) is 21.5. The second kappa shape index (κ2) is 7.51. The summed E-state index contributed by atoms with van der Waals surface area (Å²) in [5.41, 5.74) is 2.96. The molecule has 1 N–H and O–H groups in total. The van der Waals surface area contributed by atoms with Gasteiger partial charge in [0, 0.05) is 17.5 Å². The molecule has 2 aromatic heterocycles. The van der Waals surface area contributed by atoms with Crippen LogP contribution in [0.1, 0.15) is 24.7 Å². The lowest BCUT2D eigenvalue weighted by molar-refractivity contribution is -0.137. The molecule has 0 amide bonds. The second-order valence-corrected chi connectivity index (χ2v) is 7.04. The van der Waals surface area contributed by atoms with Crippen molar-refractivity contribution in [3.8, 4) is 16.9 Å². The minimum atomic E-state index is -4.39. The topological polar surface area (TPSA) is 51.5 Å². The summed E-state index contributed by atoms with van der Waals surface area (Å²) in [6, 6.07) is 10.8. The molecule has 5 nitrogen and oxygen atoms in total. The van der Waals surface area contributed by atoms with Gasteiger partial charge in [0.1, 0.15) is 11.6 Å². The van der Waals surface area contributed by atoms with Crippen LogP contribution in [0.3, 0.4) is 0 Å². The summed E-state index contributed by atoms with van der Waals surface area (Å²) in [5, 5.41) is 12.8. The van der Waals surface area contributed by atoms with E-state index in [0.29, 0.717) is 23.5 Å². The van der Waals surface area contributed by atoms with Crippen LogP contribution in [0.2, 0.25) is 0 Å². The van der Waals surface area contributed by atoms with Crippen LogP contribution in [-0.4, -0.2) is 28.3 Å². The predicted octanol–water partition coefficient (Wildman–Crippen LogP) is 5.71. The molecule has 0 aliphatic carbocycles. The van der Waals surface area contributed by atoms with Crippen LogP contribution < -0.4 is 10.1 Å². The smallest absolute Gasteiger partial charge is 0.416 e. The van der Waals surface area contributed by atoms with Gasteiger partial charge < -0.3 is 10.1 Å². The van der Waals surface area contributed by atoms with Crippen molar-refractivity contribution in [2.24, 2.45) is 0 Å². The Hall–Kier alpha value is -3.29. The molecule has 0 aliphatic heterocycles. The molecule has 30 heavy (non-hydrogen) atoms. The number of aromatic nitrogens is 3. The van der Waals surface area contributed by atoms with E-state index in [1.54, 1.807) is 7.11 Å². The summed E-state index contributed by atoms with van der Waals surface area (Å²) in [6.45, 7) is 4.59. The van der Waals surface area contributed by atoms with Gasteiger partial charge in [0.15, 0.2) is 5.65 Å². The van der Waals surface area contributed by atoms with Crippen LogP contribution in [0.4, 0.5) is 18.9 Å². The minimum Gasteiger partial charge on any atom is -0.497 e. The molecular formula is C22H21F3N4O. The number of benzene rings is 2. The molecule has 0 fully saturated rings. The van der Waals surface area contributed by atoms with Crippen LogP contribution in [-0.2, 0) is 6.18 Å². The van der Waals surface area contributed by atoms with E-state index < -0.39 is 11.7 Å². The Morgan fingerprint density at radius 2 is 1.80 bits per heavy atom. The molecule has 0 aliphatic rings. The van der Waals surface area contributed by atoms with Gasteiger partial charge >= 0.3 is 6.18 Å². The van der Waals surface area contributed by atoms with Crippen LogP contribution in [0.5, 0.6) is 5.75 Å². The monoisotopic (exact) mass is 414 g/mol. The lowest BCUT2D eigenvalue weighted by Gasteiger charge is -2.18. The summed E-state index contributed by atoms with van der Waals surface area (Å²) in [6.07, 6.45) is -3.51. The number of ether oxygens (including phenoxy) is 1. The van der Waals surface area contributed by atoms with Crippen molar-refractivity contribution >= 4 is 22.2 Å². The van der Waals surface area contributed by atoms with Gasteiger partial charge in [-0.2, -0.15) is 13.2 Å². The third-order valence-electron chi connectivity index (χ3n) is 5.07. The van der Waals surface area contributed by atoms with E-state index >= 15 is 0 Å². The van der Waals surface area contributed by atoms with E-state index in [1.165, 1.54) is 12.1 Å². The largest absolute Gasteiger partial charge is 0.497 e. The molecule has 2 aromatic carbocycles. The number of alkyl halides is 3. The van der Waals surface area contributed by atoms with Crippen molar-refractivity contribution in [3.63, 3.8) is 0 Å². The molecule has 0 atom stereocenters. The number of rotatable bonds is 5. The van der Waals surface area contributed by atoms with E-state index in [4.69, 9.17) is 4.74 Å². The Balaban J connectivity index is 2.08. The van der Waals surface area contributed by atoms with Gasteiger partial charge in [-0.15, -0.1) is 10.2 Å². The number of methoxy groups -OCH3 is 1. The number of pyridine rings is 1. The summed E-state index contributed by atoms with van der Waals surface area (Å²) in [5.74, 6) is 1.38. The Morgan fingerprint density at radius 1 is 1.07 bits per heavy atom. The maximum atomic E-state index is 13.1. The standard InChI is InChI=1S/C22H21F3N4O/c1-4-11-26-20-19(14-5-7-15(8-6-14)22(23,24)25)17-12-16(30-3)9-10-18(17)29-13(2)27-28-21(20)29/h5-10,12,26H,4,11H2,1-3H3. The highest BCUT2D eigenvalue weighted by atomic mass is 19.4. The van der Waals surface area contributed by atoms with Gasteiger partial charge in [-0.25, -0.2) is 0 Å². The minimum absolute atomic E-state index is 0.633. The lowest BCUT2D eigenvalue weighted by atomic mass is 9.97. The first-order chi connectivity index (χ1) is 14.3. The molecule has 0 saturated heterocycles. The van der Waals surface area contributed by atoms with Crippen molar-refractivity contribution in [1.29, 1.82) is 0 Å². The van der Waals surface area contributed by atoms with Gasteiger partial charge in [-0.05, 0) is 49.2 Å². The van der Waals surface area contributed by atoms with Crippen molar-refractivity contribution in [1.82, 2.24) is 14.6 Å². The Morgan fingerprint density at radius 3 is 2.43 bits per heavy atom. The molecule has 4 aromatic rings. The molecular weight excluding hydrogens is 393 g/mol. The average molecular weight is 414 g/mol. The quantitative estimate of drug-likeness (QED) is 0.455. The highest BCUT2D eigenvalue weighted by molar-refractivity contribution is 6.06. The van der Waals surface area contributed by atoms with Gasteiger partial charge in [-0.1, -0.05) is 19.1 Å². The molecule has 0 radical (unpaired) electrons. The number of hydrogen-bond donors (Lipinski definition) is 1. The van der Waals surface area contributed by atoms with Crippen LogP contribution in [0.25, 0.3) is 27.7 Å². The van der Waals surface area contributed by atoms with Gasteiger partial charge in [-0.3, -0.25) is 4.40 Å². The van der Waals surface area contributed by atoms with E-state index in [2.05, 4.69) is 15.5 Å². The Labute approximate surface area is 171 Å². The predicted molar refractivity (Wildman–Crippen MR) is 111 cm³/mol. The average Bonchev–Trinajstić information content (AvgIpc) is 3.12. The number of nitrogens with zero attached hydrogens (tertiary/aromatic N) is 3. The number of halogens is 3. The van der Waals surface area contributed by atoms with Crippen molar-refractivity contribution in [3.05, 3.63) is 53.9 Å². The molecule has 2 heterocycles. The lowest BCUT2D eigenvalue weighted by Crippen LogP contribution is -2.07. The molecule has 156 valence electrons. The fraction of sp³-hybridized carbons (Fsp3) is 0.273. The van der Waals surface area contributed by atoms with E-state index in [9.17, 15) is 13.2 Å². The first-order valence-corrected chi connectivity index (χ1v) is 9.62. The highest BCUT2D eigenvalue weighted by Gasteiger charge is 2.30. The van der Waals surface area contributed by atoms with E-state index in [-0.39, 0.29) is 0 Å². The molecule has 8 heteroatoms. The molecule has 4 rings (SSSR count). The molecule has 0 saturated carbocycles. The van der Waals surface area contributed by atoms with Crippen LogP contribution in [0.15, 0.2) is 42.5 Å². The zero-order valence-electron chi connectivity index (χ0n) is 16.8. The highest BCUT2D eigenvalue weighted by Crippen LogP contribution is 2.41. The van der Waals surface area contributed by atoms with E-state index in [1.807, 2.05) is 36.4 Å². The number of aryl methyl sites for hydroxylation is 1. The molecule has 0 bridgehead atoms. The Bertz CT molecular complexity index is 1210. The maximum Gasteiger partial charge on any atom is 0.416 e. The van der Waals surface area contributed by atoms with Gasteiger partial charge in [0.2, 0.25) is 0 Å². The normalized spacial score (nSPS) is 11.9. The number of hydrogen-bond acceptors (Lipinski definition) is 4. The Kier molecular flexibility index (Phi) is 5.01. The van der Waals surface area contributed by atoms with Crippen LogP contribution >= 0.6 is 0 Å². The summed E-state index contributed by atoms with van der Waals surface area (Å²) in [7, 11) is 1.58. The fourth-order valence-electron chi connectivity index (χ4n) is 3.64. The van der Waals surface area contributed by atoms with Gasteiger partial charge in [0.05, 0.1) is 23.9 Å². The van der Waals surface area contributed by atoms with E-state index in [0.717, 1.165) is 46.5 Å². The maximum absolute atomic E-state index is 13.1. The SMILES string of the molecule is CCCNc1c(-c2ccc(C(F)(F)F)cc2)c2cc(OC)ccc2n2c(C)nnc12. The van der Waals surface area contributed by atoms with Crippen molar-refractivity contribution in [2.75, 3.05) is 19.0 Å². The second-order valence-electron chi connectivity index (χ2n) is 7.04. The van der Waals surface area contributed by atoms with Gasteiger partial charge in [0.25, 0.3) is 0 Å². The first kappa shape index (κ1) is 20.0. The van der Waals surface area contributed by atoms with Crippen LogP contribution in [0, 0.1) is 6.92 Å². The molecule has 0 unspecified atom stereocenters. The summed E-state index contributed by atoms with van der Waals surface area (Å²) in [4.78, 5) is 0. The summed E-state index contributed by atoms with van der Waals surface area (Å²) >= 11 is 0. The molecule has 0 spiro atoms. The van der Waals surface area contributed by atoms with Crippen molar-refractivity contribution < 1.29 is 17.9 Å². The van der Waals surface area contributed by atoms with Crippen molar-refractivity contribution in [2.45, 2.75) is 26.4 Å². The zero-order valence-corrected chi connectivity index (χ0v) is 16.8. The number of fused-ring (bicyclic) bond motifs is 3. The third-order valence-corrected chi connectivity index (χ3v) is 5.07. The first-order valence-electron chi connectivity index (χ1n) is 9.62. The third kappa shape index (κ3) is 3.32. The fourth-order valence-corrected chi connectivity index (χ4v) is 3.64. The summed E-state index contributed by atoms with van der Waals surface area (Å²) < 4.78 is 46.6. The number of nitrogens with one attached hydrogen (secondary N) is 1.